The minimum atomic E-state index is -0.0617. The predicted octanol–water partition coefficient (Wildman–Crippen LogP) is 1.02. The Morgan fingerprint density at radius 3 is 2.60 bits per heavy atom. The first-order valence-corrected chi connectivity index (χ1v) is 5.32. The Balaban J connectivity index is 2.34. The average molecular weight is 213 g/mol. The van der Waals surface area contributed by atoms with E-state index in [1.165, 1.54) is 0 Å². The maximum Gasteiger partial charge on any atom is 0.129 e. The maximum atomic E-state index is 8.81. The van der Waals surface area contributed by atoms with Gasteiger partial charge in [-0.1, -0.05) is 6.92 Å². The third-order valence-corrected chi connectivity index (χ3v) is 2.41. The van der Waals surface area contributed by atoms with Crippen molar-refractivity contribution in [2.24, 2.45) is 0 Å². The molecule has 4 heteroatoms. The molecule has 1 atom stereocenters. The lowest BCUT2D eigenvalue weighted by atomic mass is 10.1. The molecule has 4 nitrogen and oxygen atoms in total. The number of furan rings is 1. The first kappa shape index (κ1) is 12.2. The molecule has 0 aliphatic carbocycles. The van der Waals surface area contributed by atoms with Crippen molar-refractivity contribution in [2.45, 2.75) is 39.0 Å². The van der Waals surface area contributed by atoms with Gasteiger partial charge in [-0.15, -0.1) is 0 Å². The number of nitrogens with one attached hydrogen (secondary N) is 1. The van der Waals surface area contributed by atoms with E-state index in [0.717, 1.165) is 18.6 Å². The summed E-state index contributed by atoms with van der Waals surface area (Å²) in [5.41, 5.74) is 0. The Morgan fingerprint density at radius 1 is 1.33 bits per heavy atom. The van der Waals surface area contributed by atoms with Crippen molar-refractivity contribution in [2.75, 3.05) is 6.61 Å². The number of hydrogen-bond acceptors (Lipinski definition) is 4. The molecular weight excluding hydrogens is 194 g/mol. The van der Waals surface area contributed by atoms with Gasteiger partial charge in [0.05, 0.1) is 6.54 Å². The smallest absolute Gasteiger partial charge is 0.129 e. The molecule has 1 heterocycles. The molecule has 0 bridgehead atoms. The summed E-state index contributed by atoms with van der Waals surface area (Å²) in [6.45, 7) is 2.85. The van der Waals surface area contributed by atoms with Gasteiger partial charge in [-0.3, -0.25) is 0 Å². The van der Waals surface area contributed by atoms with Gasteiger partial charge in [0.2, 0.25) is 0 Å². The molecule has 86 valence electrons. The molecule has 1 aromatic rings. The van der Waals surface area contributed by atoms with Crippen LogP contribution in [0, 0.1) is 0 Å². The van der Waals surface area contributed by atoms with Crippen molar-refractivity contribution in [1.82, 2.24) is 5.32 Å². The lowest BCUT2D eigenvalue weighted by Crippen LogP contribution is -2.28. The fraction of sp³-hybridized carbons (Fsp3) is 0.636. The zero-order valence-electron chi connectivity index (χ0n) is 9.07. The minimum absolute atomic E-state index is 0.0617. The highest BCUT2D eigenvalue weighted by atomic mass is 16.4. The van der Waals surface area contributed by atoms with Crippen LogP contribution in [0.3, 0.4) is 0 Å². The Labute approximate surface area is 89.9 Å². The minimum Gasteiger partial charge on any atom is -0.462 e. The Morgan fingerprint density at radius 2 is 2.07 bits per heavy atom. The van der Waals surface area contributed by atoms with Crippen LogP contribution >= 0.6 is 0 Å². The van der Waals surface area contributed by atoms with E-state index < -0.39 is 0 Å². The van der Waals surface area contributed by atoms with Gasteiger partial charge < -0.3 is 19.9 Å². The second kappa shape index (κ2) is 6.61. The molecule has 0 fully saturated rings. The topological polar surface area (TPSA) is 65.6 Å². The van der Waals surface area contributed by atoms with E-state index in [9.17, 15) is 0 Å². The summed E-state index contributed by atoms with van der Waals surface area (Å²) in [6.07, 6.45) is 1.73. The Kier molecular flexibility index (Phi) is 5.39. The van der Waals surface area contributed by atoms with E-state index in [-0.39, 0.29) is 13.2 Å². The van der Waals surface area contributed by atoms with Crippen LogP contribution in [0.5, 0.6) is 0 Å². The van der Waals surface area contributed by atoms with Crippen LogP contribution in [0.4, 0.5) is 0 Å². The molecule has 1 aromatic heterocycles. The number of aliphatic hydroxyl groups excluding tert-OH is 2. The van der Waals surface area contributed by atoms with Crippen LogP contribution in [0.1, 0.15) is 31.3 Å². The van der Waals surface area contributed by atoms with Crippen molar-refractivity contribution < 1.29 is 14.6 Å². The lowest BCUT2D eigenvalue weighted by Gasteiger charge is -2.14. The second-order valence-corrected chi connectivity index (χ2v) is 3.52. The van der Waals surface area contributed by atoms with Crippen LogP contribution < -0.4 is 5.32 Å². The van der Waals surface area contributed by atoms with Crippen molar-refractivity contribution >= 4 is 0 Å². The van der Waals surface area contributed by atoms with Crippen molar-refractivity contribution in [1.29, 1.82) is 0 Å². The summed E-state index contributed by atoms with van der Waals surface area (Å²) < 4.78 is 5.33. The van der Waals surface area contributed by atoms with Gasteiger partial charge in [-0.25, -0.2) is 0 Å². The molecule has 0 aliphatic heterocycles. The van der Waals surface area contributed by atoms with Gasteiger partial charge in [-0.2, -0.15) is 0 Å². The molecular formula is C11H19NO3. The van der Waals surface area contributed by atoms with E-state index >= 15 is 0 Å². The van der Waals surface area contributed by atoms with Crippen LogP contribution in [-0.4, -0.2) is 22.9 Å². The zero-order valence-corrected chi connectivity index (χ0v) is 9.07. The van der Waals surface area contributed by atoms with E-state index in [1.807, 2.05) is 6.07 Å². The molecule has 0 radical (unpaired) electrons. The molecule has 0 saturated heterocycles. The standard InChI is InChI=1S/C11H19NO3/c1-2-9(5-6-13)12-7-10-3-4-11(8-14)15-10/h3-4,9,12-14H,2,5-8H2,1H3. The highest BCUT2D eigenvalue weighted by molar-refractivity contribution is 5.06. The number of hydrogen-bond donors (Lipinski definition) is 3. The molecule has 0 amide bonds. The van der Waals surface area contributed by atoms with Crippen LogP contribution in [0.15, 0.2) is 16.5 Å². The summed E-state index contributed by atoms with van der Waals surface area (Å²) in [5, 5.41) is 20.9. The molecule has 0 spiro atoms. The van der Waals surface area contributed by atoms with Crippen molar-refractivity contribution in [3.63, 3.8) is 0 Å². The molecule has 1 unspecified atom stereocenters. The second-order valence-electron chi connectivity index (χ2n) is 3.52. The third kappa shape index (κ3) is 4.03. The van der Waals surface area contributed by atoms with Crippen LogP contribution in [0.2, 0.25) is 0 Å². The number of aliphatic hydroxyl groups is 2. The highest BCUT2D eigenvalue weighted by Gasteiger charge is 2.06. The largest absolute Gasteiger partial charge is 0.462 e. The number of rotatable bonds is 7. The zero-order chi connectivity index (χ0) is 11.1. The average Bonchev–Trinajstić information content (AvgIpc) is 2.72. The first-order valence-electron chi connectivity index (χ1n) is 5.32. The summed E-state index contributed by atoms with van der Waals surface area (Å²) in [7, 11) is 0. The normalized spacial score (nSPS) is 13.0. The lowest BCUT2D eigenvalue weighted by molar-refractivity contribution is 0.239. The van der Waals surface area contributed by atoms with Gasteiger partial charge in [-0.05, 0) is 25.0 Å². The van der Waals surface area contributed by atoms with Gasteiger partial charge in [0, 0.05) is 12.6 Å². The Hall–Kier alpha value is -0.840. The highest BCUT2D eigenvalue weighted by Crippen LogP contribution is 2.08. The maximum absolute atomic E-state index is 8.81. The molecule has 1 rings (SSSR count). The molecule has 0 aromatic carbocycles. The predicted molar refractivity (Wildman–Crippen MR) is 57.3 cm³/mol. The Bertz CT molecular complexity index is 273. The van der Waals surface area contributed by atoms with Crippen LogP contribution in [-0.2, 0) is 13.2 Å². The van der Waals surface area contributed by atoms with Gasteiger partial charge >= 0.3 is 0 Å². The van der Waals surface area contributed by atoms with Gasteiger partial charge in [0.1, 0.15) is 18.1 Å². The molecule has 15 heavy (non-hydrogen) atoms. The molecule has 0 aliphatic rings. The van der Waals surface area contributed by atoms with E-state index in [0.29, 0.717) is 18.3 Å². The van der Waals surface area contributed by atoms with Crippen molar-refractivity contribution in [3.05, 3.63) is 23.7 Å². The van der Waals surface area contributed by atoms with Gasteiger partial charge in [0.15, 0.2) is 0 Å². The monoisotopic (exact) mass is 213 g/mol. The fourth-order valence-corrected chi connectivity index (χ4v) is 1.45. The van der Waals surface area contributed by atoms with Crippen LogP contribution in [0.25, 0.3) is 0 Å². The summed E-state index contributed by atoms with van der Waals surface area (Å²) in [6, 6.07) is 3.94. The van der Waals surface area contributed by atoms with E-state index in [4.69, 9.17) is 14.6 Å². The molecule has 0 saturated carbocycles. The first-order chi connectivity index (χ1) is 7.30. The fourth-order valence-electron chi connectivity index (χ4n) is 1.45. The summed E-state index contributed by atoms with van der Waals surface area (Å²) in [4.78, 5) is 0. The summed E-state index contributed by atoms with van der Waals surface area (Å²) in [5.74, 6) is 1.40. The van der Waals surface area contributed by atoms with Crippen molar-refractivity contribution in [3.8, 4) is 0 Å². The molecule has 3 N–H and O–H groups in total. The third-order valence-electron chi connectivity index (χ3n) is 2.41. The van der Waals surface area contributed by atoms with Gasteiger partial charge in [0.25, 0.3) is 0 Å². The van der Waals surface area contributed by atoms with E-state index in [2.05, 4.69) is 12.2 Å². The quantitative estimate of drug-likeness (QED) is 0.632. The SMILES string of the molecule is CCC(CCO)NCc1ccc(CO)o1. The summed E-state index contributed by atoms with van der Waals surface area (Å²) >= 11 is 0. The van der Waals surface area contributed by atoms with E-state index in [1.54, 1.807) is 6.07 Å².